The lowest BCUT2D eigenvalue weighted by molar-refractivity contribution is -0.142. The molecule has 162 valence electrons. The Hall–Kier alpha value is -3.48. The fourth-order valence-electron chi connectivity index (χ4n) is 3.61. The molecule has 1 amide bonds. The predicted molar refractivity (Wildman–Crippen MR) is 115 cm³/mol. The number of carbonyl (C=O) groups excluding carboxylic acids is 3. The maximum Gasteiger partial charge on any atom is 0.310 e. The summed E-state index contributed by atoms with van der Waals surface area (Å²) in [5, 5.41) is 10.6. The van der Waals surface area contributed by atoms with Gasteiger partial charge in [0.2, 0.25) is 0 Å². The number of pyridine rings is 1. The van der Waals surface area contributed by atoms with Crippen molar-refractivity contribution < 1.29 is 24.2 Å². The van der Waals surface area contributed by atoms with Crippen molar-refractivity contribution in [1.82, 2.24) is 4.98 Å². The third kappa shape index (κ3) is 4.82. The number of ketones is 1. The Morgan fingerprint density at radius 3 is 2.45 bits per heavy atom. The van der Waals surface area contributed by atoms with E-state index in [1.165, 1.54) is 4.90 Å². The lowest BCUT2D eigenvalue weighted by Gasteiger charge is -2.26. The highest BCUT2D eigenvalue weighted by atomic mass is 16.5. The number of aromatic nitrogens is 1. The Labute approximate surface area is 181 Å². The van der Waals surface area contributed by atoms with E-state index in [0.717, 1.165) is 5.56 Å². The van der Waals surface area contributed by atoms with Crippen LogP contribution in [-0.4, -0.2) is 34.4 Å². The predicted octanol–water partition coefficient (Wildman–Crippen LogP) is 3.70. The van der Waals surface area contributed by atoms with Gasteiger partial charge in [0.25, 0.3) is 5.91 Å². The van der Waals surface area contributed by atoms with E-state index in [1.54, 1.807) is 55.6 Å². The second-order valence-electron chi connectivity index (χ2n) is 7.76. The third-order valence-corrected chi connectivity index (χ3v) is 4.94. The van der Waals surface area contributed by atoms with E-state index in [9.17, 15) is 19.5 Å². The summed E-state index contributed by atoms with van der Waals surface area (Å²) < 4.78 is 4.96. The van der Waals surface area contributed by atoms with Crippen molar-refractivity contribution in [3.8, 4) is 0 Å². The molecule has 0 bridgehead atoms. The van der Waals surface area contributed by atoms with Gasteiger partial charge in [0.1, 0.15) is 6.04 Å². The van der Waals surface area contributed by atoms with Gasteiger partial charge in [-0.1, -0.05) is 32.0 Å². The highest BCUT2D eigenvalue weighted by Crippen LogP contribution is 2.40. The highest BCUT2D eigenvalue weighted by molar-refractivity contribution is 6.16. The molecule has 1 unspecified atom stereocenters. The average molecular weight is 422 g/mol. The van der Waals surface area contributed by atoms with Crippen LogP contribution in [0.2, 0.25) is 0 Å². The first-order valence-corrected chi connectivity index (χ1v) is 10.3. The molecule has 0 fully saturated rings. The van der Waals surface area contributed by atoms with Crippen LogP contribution in [0.1, 0.15) is 44.5 Å². The van der Waals surface area contributed by atoms with E-state index in [0.29, 0.717) is 18.0 Å². The van der Waals surface area contributed by atoms with Crippen LogP contribution in [0.25, 0.3) is 0 Å². The number of ether oxygens (including phenoxy) is 1. The molecule has 31 heavy (non-hydrogen) atoms. The second-order valence-corrected chi connectivity index (χ2v) is 7.76. The standard InChI is InChI=1S/C24H26N2O5/c1-4-31-20(28)14-16-8-10-17(11-9-16)26-22(18-7-5-6-12-25-18)21(23(29)24(26)30)19(27)13-15(2)3/h5-12,15,22,29H,4,13-14H2,1-3H3. The van der Waals surface area contributed by atoms with Crippen molar-refractivity contribution in [2.45, 2.75) is 39.7 Å². The van der Waals surface area contributed by atoms with Crippen LogP contribution in [0.4, 0.5) is 5.69 Å². The topological polar surface area (TPSA) is 96.8 Å². The molecule has 3 rings (SSSR count). The molecule has 1 aromatic carbocycles. The number of carbonyl (C=O) groups is 3. The first kappa shape index (κ1) is 22.2. The molecule has 7 heteroatoms. The monoisotopic (exact) mass is 422 g/mol. The van der Waals surface area contributed by atoms with Gasteiger partial charge in [0.15, 0.2) is 11.5 Å². The number of anilines is 1. The molecule has 1 N–H and O–H groups in total. The maximum absolute atomic E-state index is 13.0. The zero-order valence-corrected chi connectivity index (χ0v) is 17.9. The minimum Gasteiger partial charge on any atom is -0.503 e. The number of hydrogen-bond acceptors (Lipinski definition) is 6. The summed E-state index contributed by atoms with van der Waals surface area (Å²) in [4.78, 5) is 43.4. The summed E-state index contributed by atoms with van der Waals surface area (Å²) >= 11 is 0. The minimum absolute atomic E-state index is 0.0630. The number of hydrogen-bond donors (Lipinski definition) is 1. The van der Waals surface area contributed by atoms with Crippen molar-refractivity contribution in [3.05, 3.63) is 71.3 Å². The van der Waals surface area contributed by atoms with Crippen molar-refractivity contribution in [1.29, 1.82) is 0 Å². The van der Waals surface area contributed by atoms with E-state index >= 15 is 0 Å². The van der Waals surface area contributed by atoms with E-state index < -0.39 is 17.7 Å². The number of nitrogens with zero attached hydrogens (tertiary/aromatic N) is 2. The van der Waals surface area contributed by atoms with Crippen LogP contribution in [0.3, 0.4) is 0 Å². The summed E-state index contributed by atoms with van der Waals surface area (Å²) in [7, 11) is 0. The molecular formula is C24H26N2O5. The van der Waals surface area contributed by atoms with E-state index in [1.807, 2.05) is 13.8 Å². The van der Waals surface area contributed by atoms with Crippen LogP contribution in [0.5, 0.6) is 0 Å². The minimum atomic E-state index is -0.823. The lowest BCUT2D eigenvalue weighted by atomic mass is 9.94. The molecule has 0 saturated carbocycles. The SMILES string of the molecule is CCOC(=O)Cc1ccc(N2C(=O)C(O)=C(C(=O)CC(C)C)C2c2ccccn2)cc1. The summed E-state index contributed by atoms with van der Waals surface area (Å²) in [5.74, 6) is -1.74. The highest BCUT2D eigenvalue weighted by Gasteiger charge is 2.44. The zero-order valence-electron chi connectivity index (χ0n) is 17.9. The molecule has 0 spiro atoms. The molecule has 7 nitrogen and oxygen atoms in total. The van der Waals surface area contributed by atoms with Crippen LogP contribution >= 0.6 is 0 Å². The zero-order chi connectivity index (χ0) is 22.5. The molecule has 2 heterocycles. The molecule has 0 aliphatic carbocycles. The van der Waals surface area contributed by atoms with Gasteiger partial charge in [0, 0.05) is 18.3 Å². The number of aliphatic hydroxyl groups excluding tert-OH is 1. The normalized spacial score (nSPS) is 16.2. The van der Waals surface area contributed by atoms with Gasteiger partial charge in [-0.15, -0.1) is 0 Å². The van der Waals surface area contributed by atoms with E-state index in [4.69, 9.17) is 4.74 Å². The van der Waals surface area contributed by atoms with Crippen LogP contribution in [-0.2, 0) is 25.5 Å². The second kappa shape index (κ2) is 9.55. The Balaban J connectivity index is 1.98. The van der Waals surface area contributed by atoms with Crippen molar-refractivity contribution in [2.75, 3.05) is 11.5 Å². The van der Waals surface area contributed by atoms with Crippen molar-refractivity contribution >= 4 is 23.3 Å². The van der Waals surface area contributed by atoms with Gasteiger partial charge in [-0.2, -0.15) is 0 Å². The first-order chi connectivity index (χ1) is 14.8. The van der Waals surface area contributed by atoms with Gasteiger partial charge >= 0.3 is 5.97 Å². The smallest absolute Gasteiger partial charge is 0.310 e. The Bertz CT molecular complexity index is 996. The Morgan fingerprint density at radius 2 is 1.87 bits per heavy atom. The molecule has 1 aliphatic rings. The van der Waals surface area contributed by atoms with Gasteiger partial charge in [0.05, 0.1) is 24.3 Å². The summed E-state index contributed by atoms with van der Waals surface area (Å²) in [5.41, 5.74) is 1.78. The largest absolute Gasteiger partial charge is 0.503 e. The summed E-state index contributed by atoms with van der Waals surface area (Å²) in [6, 6.07) is 11.2. The first-order valence-electron chi connectivity index (χ1n) is 10.3. The van der Waals surface area contributed by atoms with Gasteiger partial charge in [-0.3, -0.25) is 24.3 Å². The fraction of sp³-hybridized carbons (Fsp3) is 0.333. The number of esters is 1. The molecule has 1 aliphatic heterocycles. The fourth-order valence-corrected chi connectivity index (χ4v) is 3.61. The van der Waals surface area contributed by atoms with Crippen LogP contribution in [0.15, 0.2) is 60.0 Å². The molecule has 1 atom stereocenters. The number of rotatable bonds is 8. The summed E-state index contributed by atoms with van der Waals surface area (Å²) in [6.07, 6.45) is 1.91. The molecule has 2 aromatic rings. The van der Waals surface area contributed by atoms with Gasteiger partial charge in [-0.25, -0.2) is 0 Å². The molecule has 0 radical (unpaired) electrons. The number of Topliss-reactive ketones (excluding diaryl/α,β-unsaturated/α-hetero) is 1. The number of aliphatic hydroxyl groups is 1. The quantitative estimate of drug-likeness (QED) is 0.652. The lowest BCUT2D eigenvalue weighted by Crippen LogP contribution is -2.31. The Kier molecular flexibility index (Phi) is 6.84. The average Bonchev–Trinajstić information content (AvgIpc) is 3.00. The van der Waals surface area contributed by atoms with E-state index in [2.05, 4.69) is 4.98 Å². The number of amides is 1. The van der Waals surface area contributed by atoms with E-state index in [-0.39, 0.29) is 36.1 Å². The molecule has 1 aromatic heterocycles. The summed E-state index contributed by atoms with van der Waals surface area (Å²) in [6.45, 7) is 5.86. The molecular weight excluding hydrogens is 396 g/mol. The maximum atomic E-state index is 13.0. The van der Waals surface area contributed by atoms with Gasteiger partial charge in [-0.05, 0) is 42.7 Å². The van der Waals surface area contributed by atoms with Crippen LogP contribution in [0, 0.1) is 5.92 Å². The third-order valence-electron chi connectivity index (χ3n) is 4.94. The molecule has 0 saturated heterocycles. The Morgan fingerprint density at radius 1 is 1.16 bits per heavy atom. The van der Waals surface area contributed by atoms with Crippen LogP contribution < -0.4 is 4.90 Å². The van der Waals surface area contributed by atoms with Crippen molar-refractivity contribution in [2.24, 2.45) is 5.92 Å². The number of benzene rings is 1. The van der Waals surface area contributed by atoms with Gasteiger partial charge < -0.3 is 9.84 Å². The van der Waals surface area contributed by atoms with Crippen molar-refractivity contribution in [3.63, 3.8) is 0 Å².